The van der Waals surface area contributed by atoms with Gasteiger partial charge >= 0.3 is 5.97 Å². The van der Waals surface area contributed by atoms with E-state index in [-0.39, 0.29) is 18.5 Å². The summed E-state index contributed by atoms with van der Waals surface area (Å²) in [5.41, 5.74) is 0. The highest BCUT2D eigenvalue weighted by atomic mass is 16.5. The Bertz CT molecular complexity index is 1300. The number of unbranched alkanes of at least 4 members (excludes halogenated alkanes) is 59. The maximum atomic E-state index is 12.5. The van der Waals surface area contributed by atoms with Crippen LogP contribution in [0.5, 0.6) is 0 Å². The molecular formula is C77H149NO5. The first-order valence-corrected chi connectivity index (χ1v) is 38.1. The number of hydrogen-bond donors (Lipinski definition) is 3. The zero-order valence-electron chi connectivity index (χ0n) is 56.5. The van der Waals surface area contributed by atoms with Gasteiger partial charge in [-0.15, -0.1) is 0 Å². The number of carbonyl (C=O) groups is 2. The minimum atomic E-state index is -0.841. The molecule has 83 heavy (non-hydrogen) atoms. The predicted molar refractivity (Wildman–Crippen MR) is 366 cm³/mol. The summed E-state index contributed by atoms with van der Waals surface area (Å²) in [5, 5.41) is 23.2. The number of carbonyl (C=O) groups excluding carboxylic acids is 2. The van der Waals surface area contributed by atoms with Crippen LogP contribution in [0.25, 0.3) is 0 Å². The van der Waals surface area contributed by atoms with Gasteiger partial charge in [-0.25, -0.2) is 0 Å². The minimum absolute atomic E-state index is 0.0138. The zero-order chi connectivity index (χ0) is 59.9. The minimum Gasteiger partial charge on any atom is -0.466 e. The maximum absolute atomic E-state index is 12.5. The molecule has 0 aromatic carbocycles. The van der Waals surface area contributed by atoms with Gasteiger partial charge in [-0.3, -0.25) is 9.59 Å². The predicted octanol–water partition coefficient (Wildman–Crippen LogP) is 24.9. The normalized spacial score (nSPS) is 12.6. The van der Waals surface area contributed by atoms with Crippen LogP contribution in [0.4, 0.5) is 0 Å². The second-order valence-corrected chi connectivity index (χ2v) is 26.3. The van der Waals surface area contributed by atoms with Gasteiger partial charge in [0.25, 0.3) is 0 Å². The van der Waals surface area contributed by atoms with Gasteiger partial charge in [-0.1, -0.05) is 385 Å². The molecule has 1 amide bonds. The van der Waals surface area contributed by atoms with E-state index in [0.717, 1.165) is 44.9 Å². The Labute approximate surface area is 520 Å². The number of allylic oxidation sites excluding steroid dienone is 3. The van der Waals surface area contributed by atoms with Crippen molar-refractivity contribution in [1.29, 1.82) is 0 Å². The molecule has 0 radical (unpaired) electrons. The van der Waals surface area contributed by atoms with Gasteiger partial charge in [-0.2, -0.15) is 0 Å². The van der Waals surface area contributed by atoms with E-state index in [1.165, 1.54) is 360 Å². The van der Waals surface area contributed by atoms with E-state index < -0.39 is 12.1 Å². The molecule has 0 saturated heterocycles. The number of nitrogens with one attached hydrogen (secondary N) is 1. The molecule has 492 valence electrons. The molecule has 2 unspecified atom stereocenters. The summed E-state index contributed by atoms with van der Waals surface area (Å²) >= 11 is 0. The fraction of sp³-hybridized carbons (Fsp3) is 0.922. The molecule has 0 aliphatic rings. The number of esters is 1. The van der Waals surface area contributed by atoms with E-state index in [9.17, 15) is 19.8 Å². The van der Waals surface area contributed by atoms with Crippen LogP contribution < -0.4 is 5.32 Å². The number of hydrogen-bond acceptors (Lipinski definition) is 5. The van der Waals surface area contributed by atoms with Gasteiger partial charge in [0, 0.05) is 12.8 Å². The summed E-state index contributed by atoms with van der Waals surface area (Å²) in [6.45, 7) is 4.93. The molecule has 0 aromatic rings. The number of rotatable bonds is 72. The summed E-state index contributed by atoms with van der Waals surface area (Å²) < 4.78 is 5.49. The zero-order valence-corrected chi connectivity index (χ0v) is 56.5. The van der Waals surface area contributed by atoms with Crippen molar-refractivity contribution >= 4 is 11.9 Å². The molecule has 2 atom stereocenters. The fourth-order valence-corrected chi connectivity index (χ4v) is 12.2. The highest BCUT2D eigenvalue weighted by Crippen LogP contribution is 2.20. The molecule has 0 rings (SSSR count). The van der Waals surface area contributed by atoms with E-state index in [1.807, 2.05) is 6.08 Å². The molecule has 0 spiro atoms. The van der Waals surface area contributed by atoms with E-state index >= 15 is 0 Å². The Hall–Kier alpha value is -1.66. The highest BCUT2D eigenvalue weighted by molar-refractivity contribution is 5.76. The van der Waals surface area contributed by atoms with Crippen molar-refractivity contribution in [3.05, 3.63) is 24.3 Å². The average Bonchev–Trinajstić information content (AvgIpc) is 3.49. The fourth-order valence-electron chi connectivity index (χ4n) is 12.2. The average molecular weight is 1170 g/mol. The van der Waals surface area contributed by atoms with Crippen LogP contribution >= 0.6 is 0 Å². The smallest absolute Gasteiger partial charge is 0.305 e. The standard InChI is InChI=1S/C77H149NO5/c1-3-5-7-9-11-13-15-17-18-19-39-42-46-49-53-57-61-65-69-75(80)74(73-79)78-76(81)70-66-62-58-54-50-47-43-40-37-35-33-31-29-27-25-23-21-20-22-24-26-28-30-32-34-36-38-41-44-48-52-56-60-64-68-72-83-77(82)71-67-63-59-55-51-45-16-14-12-10-8-6-4-2/h14,16,65,69,74-75,79-80H,3-13,15,17-64,66-68,70-73H2,1-2H3,(H,78,81)/b16-14-,69-65+. The Morgan fingerprint density at radius 2 is 0.566 bits per heavy atom. The number of aliphatic hydroxyl groups excluding tert-OH is 2. The number of amides is 1. The SMILES string of the molecule is CCCCCC/C=C\CCCCCCCC(=O)OCCCCCCCCCCCCCCCCCCCCCCCCCCCCCCCCCCCCCC(=O)NC(CO)C(O)/C=C/CCCCCCCCCCCCCCCCCC. The number of aliphatic hydroxyl groups is 2. The van der Waals surface area contributed by atoms with Crippen LogP contribution in [-0.2, 0) is 14.3 Å². The molecule has 3 N–H and O–H groups in total. The van der Waals surface area contributed by atoms with Gasteiger partial charge < -0.3 is 20.3 Å². The second-order valence-electron chi connectivity index (χ2n) is 26.3. The highest BCUT2D eigenvalue weighted by Gasteiger charge is 2.18. The molecule has 0 aromatic heterocycles. The van der Waals surface area contributed by atoms with Crippen LogP contribution in [-0.4, -0.2) is 47.4 Å². The van der Waals surface area contributed by atoms with Crippen LogP contribution in [0.2, 0.25) is 0 Å². The lowest BCUT2D eigenvalue weighted by atomic mass is 10.0. The second kappa shape index (κ2) is 72.8. The molecular weight excluding hydrogens is 1020 g/mol. The van der Waals surface area contributed by atoms with E-state index in [0.29, 0.717) is 19.4 Å². The third kappa shape index (κ3) is 69.3. The van der Waals surface area contributed by atoms with Crippen molar-refractivity contribution < 1.29 is 24.5 Å². The van der Waals surface area contributed by atoms with E-state index in [1.54, 1.807) is 6.08 Å². The third-order valence-corrected chi connectivity index (χ3v) is 18.0. The molecule has 0 saturated carbocycles. The molecule has 0 bridgehead atoms. The van der Waals surface area contributed by atoms with Crippen molar-refractivity contribution in [3.63, 3.8) is 0 Å². The van der Waals surface area contributed by atoms with Crippen LogP contribution in [0.3, 0.4) is 0 Å². The molecule has 6 nitrogen and oxygen atoms in total. The van der Waals surface area contributed by atoms with Gasteiger partial charge in [0.2, 0.25) is 5.91 Å². The summed E-state index contributed by atoms with van der Waals surface area (Å²) in [6, 6.07) is -0.624. The maximum Gasteiger partial charge on any atom is 0.305 e. The van der Waals surface area contributed by atoms with Crippen LogP contribution in [0.15, 0.2) is 24.3 Å². The number of ether oxygens (including phenoxy) is 1. The monoisotopic (exact) mass is 1170 g/mol. The van der Waals surface area contributed by atoms with E-state index in [2.05, 4.69) is 31.3 Å². The Kier molecular flexibility index (Phi) is 71.4. The van der Waals surface area contributed by atoms with Gasteiger partial charge in [-0.05, 0) is 57.8 Å². The van der Waals surface area contributed by atoms with Crippen LogP contribution in [0, 0.1) is 0 Å². The lowest BCUT2D eigenvalue weighted by Gasteiger charge is -2.20. The lowest BCUT2D eigenvalue weighted by molar-refractivity contribution is -0.143. The summed E-state index contributed by atoms with van der Waals surface area (Å²) in [5.74, 6) is -0.0450. The quantitative estimate of drug-likeness (QED) is 0.0320. The van der Waals surface area contributed by atoms with Crippen LogP contribution in [0.1, 0.15) is 431 Å². The molecule has 0 aliphatic heterocycles. The van der Waals surface area contributed by atoms with Crippen molar-refractivity contribution in [2.45, 2.75) is 443 Å². The topological polar surface area (TPSA) is 95.9 Å². The molecule has 0 heterocycles. The Morgan fingerprint density at radius 3 is 0.867 bits per heavy atom. The summed E-state index contributed by atoms with van der Waals surface area (Å²) in [4.78, 5) is 24.6. The summed E-state index contributed by atoms with van der Waals surface area (Å²) in [6.07, 6.45) is 92.9. The van der Waals surface area contributed by atoms with Gasteiger partial charge in [0.15, 0.2) is 0 Å². The van der Waals surface area contributed by atoms with Crippen molar-refractivity contribution in [2.24, 2.45) is 0 Å². The largest absolute Gasteiger partial charge is 0.466 e. The molecule has 6 heteroatoms. The van der Waals surface area contributed by atoms with Crippen molar-refractivity contribution in [1.82, 2.24) is 5.32 Å². The first-order chi connectivity index (χ1) is 41.0. The van der Waals surface area contributed by atoms with Gasteiger partial charge in [0.1, 0.15) is 0 Å². The first-order valence-electron chi connectivity index (χ1n) is 38.1. The molecule has 0 aliphatic carbocycles. The Morgan fingerprint density at radius 1 is 0.325 bits per heavy atom. The summed E-state index contributed by atoms with van der Waals surface area (Å²) in [7, 11) is 0. The first kappa shape index (κ1) is 81.3. The molecule has 0 fully saturated rings. The lowest BCUT2D eigenvalue weighted by Crippen LogP contribution is -2.45. The third-order valence-electron chi connectivity index (χ3n) is 18.0. The van der Waals surface area contributed by atoms with Gasteiger partial charge in [0.05, 0.1) is 25.4 Å². The van der Waals surface area contributed by atoms with Crippen molar-refractivity contribution in [3.8, 4) is 0 Å². The Balaban J connectivity index is 3.33. The van der Waals surface area contributed by atoms with Crippen molar-refractivity contribution in [2.75, 3.05) is 13.2 Å². The van der Waals surface area contributed by atoms with E-state index in [4.69, 9.17) is 4.74 Å².